The van der Waals surface area contributed by atoms with Crippen LogP contribution in [0.25, 0.3) is 0 Å². The third-order valence-corrected chi connectivity index (χ3v) is 2.67. The minimum atomic E-state index is -0.616. The van der Waals surface area contributed by atoms with E-state index in [0.717, 1.165) is 11.4 Å². The first-order valence-corrected chi connectivity index (χ1v) is 5.72. The standard InChI is InChI=1S/C10H15N5O3/c1-3-11-5-7-13-14-10(18-7)12-6-4-8(16)15(2)9(6)17/h6,11H,3-5H2,1-2H3,(H,12,14). The summed E-state index contributed by atoms with van der Waals surface area (Å²) in [5.74, 6) is -0.0687. The molecule has 0 saturated carbocycles. The Balaban J connectivity index is 1.96. The van der Waals surface area contributed by atoms with Crippen LogP contribution in [0, 0.1) is 0 Å². The third kappa shape index (κ3) is 2.48. The summed E-state index contributed by atoms with van der Waals surface area (Å²) >= 11 is 0. The maximum absolute atomic E-state index is 11.6. The topological polar surface area (TPSA) is 100 Å². The van der Waals surface area contributed by atoms with E-state index in [9.17, 15) is 9.59 Å². The van der Waals surface area contributed by atoms with Gasteiger partial charge in [0.05, 0.1) is 13.0 Å². The highest BCUT2D eigenvalue weighted by atomic mass is 16.4. The molecule has 2 heterocycles. The normalized spacial score (nSPS) is 19.7. The van der Waals surface area contributed by atoms with E-state index in [4.69, 9.17) is 4.42 Å². The molecule has 1 saturated heterocycles. The zero-order valence-corrected chi connectivity index (χ0v) is 10.3. The van der Waals surface area contributed by atoms with Crippen LogP contribution >= 0.6 is 0 Å². The van der Waals surface area contributed by atoms with Gasteiger partial charge in [0.15, 0.2) is 0 Å². The molecule has 8 nitrogen and oxygen atoms in total. The SMILES string of the molecule is CCNCc1nnc(NC2CC(=O)N(C)C2=O)o1. The number of imide groups is 1. The largest absolute Gasteiger partial charge is 0.407 e. The maximum atomic E-state index is 11.6. The van der Waals surface area contributed by atoms with Gasteiger partial charge in [0.1, 0.15) is 6.04 Å². The number of aromatic nitrogens is 2. The van der Waals surface area contributed by atoms with Crippen molar-refractivity contribution in [3.05, 3.63) is 5.89 Å². The van der Waals surface area contributed by atoms with Gasteiger partial charge in [-0.05, 0) is 6.54 Å². The van der Waals surface area contributed by atoms with Crippen LogP contribution in [0.2, 0.25) is 0 Å². The minimum Gasteiger partial charge on any atom is -0.407 e. The maximum Gasteiger partial charge on any atom is 0.316 e. The number of nitrogens with zero attached hydrogens (tertiary/aromatic N) is 3. The highest BCUT2D eigenvalue weighted by Gasteiger charge is 2.36. The van der Waals surface area contributed by atoms with E-state index in [0.29, 0.717) is 12.4 Å². The second-order valence-corrected chi connectivity index (χ2v) is 3.97. The van der Waals surface area contributed by atoms with Crippen LogP contribution in [0.3, 0.4) is 0 Å². The van der Waals surface area contributed by atoms with Gasteiger partial charge in [-0.1, -0.05) is 12.0 Å². The Morgan fingerprint density at radius 3 is 2.83 bits per heavy atom. The zero-order valence-electron chi connectivity index (χ0n) is 10.3. The predicted octanol–water partition coefficient (Wildman–Crippen LogP) is -0.652. The number of hydrogen-bond acceptors (Lipinski definition) is 7. The van der Waals surface area contributed by atoms with E-state index in [-0.39, 0.29) is 24.2 Å². The molecule has 1 fully saturated rings. The average molecular weight is 253 g/mol. The highest BCUT2D eigenvalue weighted by molar-refractivity contribution is 6.06. The number of anilines is 1. The molecule has 18 heavy (non-hydrogen) atoms. The van der Waals surface area contributed by atoms with Crippen molar-refractivity contribution in [1.82, 2.24) is 20.4 Å². The molecule has 2 amide bonds. The molecule has 98 valence electrons. The number of carbonyl (C=O) groups is 2. The summed E-state index contributed by atoms with van der Waals surface area (Å²) in [6.45, 7) is 3.24. The number of likely N-dealkylation sites (N-methyl/N-ethyl adjacent to an activating group) is 1. The smallest absolute Gasteiger partial charge is 0.316 e. The average Bonchev–Trinajstić information content (AvgIpc) is 2.89. The van der Waals surface area contributed by atoms with Gasteiger partial charge in [-0.25, -0.2) is 0 Å². The summed E-state index contributed by atoms with van der Waals surface area (Å²) in [5.41, 5.74) is 0. The number of nitrogens with one attached hydrogen (secondary N) is 2. The fourth-order valence-electron chi connectivity index (χ4n) is 1.63. The first-order chi connectivity index (χ1) is 8.61. The molecule has 2 N–H and O–H groups in total. The van der Waals surface area contributed by atoms with E-state index in [1.807, 2.05) is 6.92 Å². The van der Waals surface area contributed by atoms with Crippen molar-refractivity contribution in [2.45, 2.75) is 25.9 Å². The molecule has 0 bridgehead atoms. The van der Waals surface area contributed by atoms with Crippen molar-refractivity contribution in [3.63, 3.8) is 0 Å². The first-order valence-electron chi connectivity index (χ1n) is 5.72. The van der Waals surface area contributed by atoms with Crippen LogP contribution in [0.4, 0.5) is 6.01 Å². The lowest BCUT2D eigenvalue weighted by molar-refractivity contribution is -0.136. The molecule has 0 aliphatic carbocycles. The lowest BCUT2D eigenvalue weighted by Crippen LogP contribution is -2.31. The number of hydrogen-bond donors (Lipinski definition) is 2. The Kier molecular flexibility index (Phi) is 3.56. The second-order valence-electron chi connectivity index (χ2n) is 3.97. The van der Waals surface area contributed by atoms with Gasteiger partial charge in [0, 0.05) is 7.05 Å². The Labute approximate surface area is 104 Å². The molecule has 0 aromatic carbocycles. The number of carbonyl (C=O) groups excluding carboxylic acids is 2. The van der Waals surface area contributed by atoms with Gasteiger partial charge >= 0.3 is 6.01 Å². The number of rotatable bonds is 5. The Morgan fingerprint density at radius 2 is 2.22 bits per heavy atom. The lowest BCUT2D eigenvalue weighted by Gasteiger charge is -2.08. The van der Waals surface area contributed by atoms with E-state index in [2.05, 4.69) is 20.8 Å². The first kappa shape index (κ1) is 12.5. The van der Waals surface area contributed by atoms with Gasteiger partial charge in [-0.2, -0.15) is 0 Å². The molecule has 1 aliphatic heterocycles. The molecule has 1 atom stereocenters. The Bertz CT molecular complexity index is 458. The van der Waals surface area contributed by atoms with Crippen LogP contribution < -0.4 is 10.6 Å². The van der Waals surface area contributed by atoms with Gasteiger partial charge in [-0.15, -0.1) is 5.10 Å². The van der Waals surface area contributed by atoms with Gasteiger partial charge in [0.2, 0.25) is 11.8 Å². The molecular weight excluding hydrogens is 238 g/mol. The second kappa shape index (κ2) is 5.13. The molecule has 0 spiro atoms. The van der Waals surface area contributed by atoms with Crippen molar-refractivity contribution in [2.24, 2.45) is 0 Å². The zero-order chi connectivity index (χ0) is 13.1. The van der Waals surface area contributed by atoms with Crippen molar-refractivity contribution >= 4 is 17.8 Å². The number of likely N-dealkylation sites (tertiary alicyclic amines) is 1. The molecule has 0 radical (unpaired) electrons. The summed E-state index contributed by atoms with van der Waals surface area (Å²) in [7, 11) is 1.46. The molecule has 1 unspecified atom stereocenters. The van der Waals surface area contributed by atoms with Crippen LogP contribution in [-0.4, -0.2) is 46.5 Å². The Hall–Kier alpha value is -1.96. The summed E-state index contributed by atoms with van der Waals surface area (Å²) in [6, 6.07) is -0.459. The van der Waals surface area contributed by atoms with Crippen LogP contribution in [-0.2, 0) is 16.1 Å². The van der Waals surface area contributed by atoms with Crippen LogP contribution in [0.5, 0.6) is 0 Å². The number of amides is 2. The fourth-order valence-corrected chi connectivity index (χ4v) is 1.63. The predicted molar refractivity (Wildman–Crippen MR) is 61.5 cm³/mol. The summed E-state index contributed by atoms with van der Waals surface area (Å²) in [4.78, 5) is 24.1. The van der Waals surface area contributed by atoms with Crippen molar-refractivity contribution in [1.29, 1.82) is 0 Å². The van der Waals surface area contributed by atoms with Crippen LogP contribution in [0.1, 0.15) is 19.2 Å². The van der Waals surface area contributed by atoms with Gasteiger partial charge in [0.25, 0.3) is 5.91 Å². The molecule has 1 aromatic heterocycles. The molecule has 1 aromatic rings. The van der Waals surface area contributed by atoms with Crippen molar-refractivity contribution < 1.29 is 14.0 Å². The fraction of sp³-hybridized carbons (Fsp3) is 0.600. The summed E-state index contributed by atoms with van der Waals surface area (Å²) in [6.07, 6.45) is 0.111. The Morgan fingerprint density at radius 1 is 1.44 bits per heavy atom. The summed E-state index contributed by atoms with van der Waals surface area (Å²) in [5, 5.41) is 13.4. The van der Waals surface area contributed by atoms with Crippen molar-refractivity contribution in [2.75, 3.05) is 18.9 Å². The third-order valence-electron chi connectivity index (χ3n) is 2.67. The quantitative estimate of drug-likeness (QED) is 0.672. The summed E-state index contributed by atoms with van der Waals surface area (Å²) < 4.78 is 5.29. The van der Waals surface area contributed by atoms with E-state index in [1.54, 1.807) is 0 Å². The lowest BCUT2D eigenvalue weighted by atomic mass is 10.2. The van der Waals surface area contributed by atoms with E-state index < -0.39 is 6.04 Å². The monoisotopic (exact) mass is 253 g/mol. The van der Waals surface area contributed by atoms with Crippen molar-refractivity contribution in [3.8, 4) is 0 Å². The minimum absolute atomic E-state index is 0.111. The molecule has 1 aliphatic rings. The van der Waals surface area contributed by atoms with Gasteiger partial charge < -0.3 is 15.1 Å². The van der Waals surface area contributed by atoms with E-state index >= 15 is 0 Å². The molecule has 2 rings (SSSR count). The van der Waals surface area contributed by atoms with Gasteiger partial charge in [-0.3, -0.25) is 14.5 Å². The molecule has 8 heteroatoms. The van der Waals surface area contributed by atoms with Crippen LogP contribution in [0.15, 0.2) is 4.42 Å². The van der Waals surface area contributed by atoms with E-state index in [1.165, 1.54) is 7.05 Å². The molecular formula is C10H15N5O3. The highest BCUT2D eigenvalue weighted by Crippen LogP contribution is 2.16.